The summed E-state index contributed by atoms with van der Waals surface area (Å²) in [6.07, 6.45) is 4.96. The molecule has 3 aromatic heterocycles. The molecular weight excluding hydrogens is 323 g/mol. The molecule has 0 radical (unpaired) electrons. The summed E-state index contributed by atoms with van der Waals surface area (Å²) in [5.74, 6) is -0.513. The molecule has 0 saturated heterocycles. The topological polar surface area (TPSA) is 72.4 Å². The number of benzene rings is 1. The molecular formula is C18H13FN4O2. The van der Waals surface area contributed by atoms with Gasteiger partial charge in [-0.2, -0.15) is 0 Å². The first-order chi connectivity index (χ1) is 12.2. The Kier molecular flexibility index (Phi) is 3.74. The molecule has 0 saturated carbocycles. The summed E-state index contributed by atoms with van der Waals surface area (Å²) in [6.45, 7) is 0.290. The quantitative estimate of drug-likeness (QED) is 0.622. The predicted octanol–water partition coefficient (Wildman–Crippen LogP) is 3.06. The Morgan fingerprint density at radius 3 is 2.72 bits per heavy atom. The molecule has 0 aliphatic rings. The summed E-state index contributed by atoms with van der Waals surface area (Å²) in [6, 6.07) is 11.3. The van der Waals surface area contributed by atoms with Crippen molar-refractivity contribution in [2.45, 2.75) is 6.54 Å². The van der Waals surface area contributed by atoms with Gasteiger partial charge < -0.3 is 14.2 Å². The number of aromatic nitrogens is 3. The second-order valence-corrected chi connectivity index (χ2v) is 5.49. The van der Waals surface area contributed by atoms with Crippen LogP contribution in [0, 0.1) is 5.82 Å². The number of nitrogens with zero attached hydrogens (tertiary/aromatic N) is 3. The normalized spacial score (nSPS) is 10.9. The molecule has 4 aromatic rings. The predicted molar refractivity (Wildman–Crippen MR) is 88.3 cm³/mol. The molecule has 6 nitrogen and oxygen atoms in total. The van der Waals surface area contributed by atoms with Gasteiger partial charge in [0.15, 0.2) is 0 Å². The third kappa shape index (κ3) is 3.12. The maximum Gasteiger partial charge on any atom is 0.253 e. The van der Waals surface area contributed by atoms with Crippen LogP contribution in [-0.2, 0) is 6.54 Å². The number of imidazole rings is 1. The number of hydrogen-bond donors (Lipinski definition) is 1. The molecule has 4 rings (SSSR count). The monoisotopic (exact) mass is 336 g/mol. The molecule has 1 amide bonds. The maximum absolute atomic E-state index is 13.0. The average molecular weight is 336 g/mol. The minimum atomic E-state index is -0.293. The van der Waals surface area contributed by atoms with E-state index in [9.17, 15) is 9.18 Å². The first kappa shape index (κ1) is 15.1. The van der Waals surface area contributed by atoms with Gasteiger partial charge in [-0.05, 0) is 36.4 Å². The van der Waals surface area contributed by atoms with Gasteiger partial charge in [0.05, 0.1) is 17.8 Å². The second-order valence-electron chi connectivity index (χ2n) is 5.49. The molecule has 0 bridgehead atoms. The lowest BCUT2D eigenvalue weighted by Crippen LogP contribution is -2.23. The average Bonchev–Trinajstić information content (AvgIpc) is 3.29. The lowest BCUT2D eigenvalue weighted by molar-refractivity contribution is 0.0949. The molecule has 1 aromatic carbocycles. The van der Waals surface area contributed by atoms with Crippen LogP contribution in [0.4, 0.5) is 4.39 Å². The van der Waals surface area contributed by atoms with E-state index in [0.717, 1.165) is 5.56 Å². The summed E-state index contributed by atoms with van der Waals surface area (Å²) in [5, 5.41) is 6.52. The Balaban J connectivity index is 1.57. The number of carbonyl (C=O) groups is 1. The van der Waals surface area contributed by atoms with Crippen molar-refractivity contribution in [3.8, 4) is 11.3 Å². The van der Waals surface area contributed by atoms with Crippen LogP contribution in [0.15, 0.2) is 65.6 Å². The van der Waals surface area contributed by atoms with E-state index in [1.165, 1.54) is 18.4 Å². The summed E-state index contributed by atoms with van der Waals surface area (Å²) >= 11 is 0. The number of rotatable bonds is 4. The lowest BCUT2D eigenvalue weighted by atomic mass is 10.2. The number of hydrogen-bond acceptors (Lipinski definition) is 4. The number of nitrogens with one attached hydrogen (secondary N) is 1. The third-order valence-electron chi connectivity index (χ3n) is 3.77. The van der Waals surface area contributed by atoms with Crippen molar-refractivity contribution in [3.63, 3.8) is 0 Å². The largest absolute Gasteiger partial charge is 0.364 e. The van der Waals surface area contributed by atoms with Crippen LogP contribution in [0.25, 0.3) is 16.9 Å². The zero-order chi connectivity index (χ0) is 17.2. The molecule has 0 unspecified atom stereocenters. The van der Waals surface area contributed by atoms with Gasteiger partial charge in [-0.15, -0.1) is 0 Å². The highest BCUT2D eigenvalue weighted by molar-refractivity contribution is 5.94. The van der Waals surface area contributed by atoms with E-state index in [2.05, 4.69) is 15.5 Å². The highest BCUT2D eigenvalue weighted by Crippen LogP contribution is 2.20. The van der Waals surface area contributed by atoms with Gasteiger partial charge in [0, 0.05) is 24.0 Å². The van der Waals surface area contributed by atoms with Crippen LogP contribution in [0.5, 0.6) is 0 Å². The minimum absolute atomic E-state index is 0.220. The van der Waals surface area contributed by atoms with Crippen LogP contribution in [0.2, 0.25) is 0 Å². The number of amides is 1. The standard InChI is InChI=1S/C18H13FN4O2/c19-14-4-1-12(2-5-14)16-11-23-10-13(3-6-17(23)21-16)18(24)20-9-15-7-8-25-22-15/h1-8,10-11H,9H2,(H,20,24). The van der Waals surface area contributed by atoms with E-state index in [-0.39, 0.29) is 18.3 Å². The lowest BCUT2D eigenvalue weighted by Gasteiger charge is -2.03. The van der Waals surface area contributed by atoms with Crippen LogP contribution < -0.4 is 5.32 Å². The van der Waals surface area contributed by atoms with E-state index in [1.54, 1.807) is 47.1 Å². The number of fused-ring (bicyclic) bond motifs is 1. The Labute approximate surface area is 141 Å². The SMILES string of the molecule is O=C(NCc1ccon1)c1ccc2nc(-c3ccc(F)cc3)cn2c1. The molecule has 3 heterocycles. The molecule has 1 N–H and O–H groups in total. The van der Waals surface area contributed by atoms with Crippen molar-refractivity contribution in [2.24, 2.45) is 0 Å². The first-order valence-electron chi connectivity index (χ1n) is 7.61. The highest BCUT2D eigenvalue weighted by atomic mass is 19.1. The fourth-order valence-electron chi connectivity index (χ4n) is 2.49. The van der Waals surface area contributed by atoms with E-state index in [0.29, 0.717) is 22.6 Å². The van der Waals surface area contributed by atoms with Gasteiger partial charge in [0.2, 0.25) is 0 Å². The Hall–Kier alpha value is -3.48. The van der Waals surface area contributed by atoms with E-state index in [1.807, 2.05) is 0 Å². The van der Waals surface area contributed by atoms with Gasteiger partial charge in [0.1, 0.15) is 23.4 Å². The molecule has 0 spiro atoms. The van der Waals surface area contributed by atoms with Crippen LogP contribution >= 0.6 is 0 Å². The van der Waals surface area contributed by atoms with Gasteiger partial charge in [-0.3, -0.25) is 4.79 Å². The zero-order valence-corrected chi connectivity index (χ0v) is 13.0. The summed E-state index contributed by atoms with van der Waals surface area (Å²) in [4.78, 5) is 16.7. The number of pyridine rings is 1. The molecule has 0 aliphatic heterocycles. The Morgan fingerprint density at radius 1 is 1.12 bits per heavy atom. The Morgan fingerprint density at radius 2 is 1.96 bits per heavy atom. The summed E-state index contributed by atoms with van der Waals surface area (Å²) in [5.41, 5.74) is 3.37. The smallest absolute Gasteiger partial charge is 0.253 e. The van der Waals surface area contributed by atoms with Gasteiger partial charge in [0.25, 0.3) is 5.91 Å². The minimum Gasteiger partial charge on any atom is -0.364 e. The van der Waals surface area contributed by atoms with E-state index >= 15 is 0 Å². The maximum atomic E-state index is 13.0. The molecule has 0 atom stereocenters. The van der Waals surface area contributed by atoms with Crippen molar-refractivity contribution in [1.29, 1.82) is 0 Å². The summed E-state index contributed by atoms with van der Waals surface area (Å²) in [7, 11) is 0. The number of carbonyl (C=O) groups excluding carboxylic acids is 1. The third-order valence-corrected chi connectivity index (χ3v) is 3.77. The fourth-order valence-corrected chi connectivity index (χ4v) is 2.49. The molecule has 0 fully saturated rings. The molecule has 25 heavy (non-hydrogen) atoms. The van der Waals surface area contributed by atoms with Crippen molar-refractivity contribution in [3.05, 3.63) is 78.2 Å². The van der Waals surface area contributed by atoms with Gasteiger partial charge in [-0.1, -0.05) is 5.16 Å². The van der Waals surface area contributed by atoms with E-state index < -0.39 is 0 Å². The fraction of sp³-hybridized carbons (Fsp3) is 0.0556. The van der Waals surface area contributed by atoms with Crippen molar-refractivity contribution >= 4 is 11.6 Å². The Bertz CT molecular complexity index is 1020. The van der Waals surface area contributed by atoms with Crippen LogP contribution in [0.3, 0.4) is 0 Å². The highest BCUT2D eigenvalue weighted by Gasteiger charge is 2.10. The zero-order valence-electron chi connectivity index (χ0n) is 13.0. The van der Waals surface area contributed by atoms with Crippen LogP contribution in [-0.4, -0.2) is 20.4 Å². The van der Waals surface area contributed by atoms with Crippen LogP contribution in [0.1, 0.15) is 16.1 Å². The molecule has 124 valence electrons. The molecule has 0 aliphatic carbocycles. The second kappa shape index (κ2) is 6.20. The van der Waals surface area contributed by atoms with Gasteiger partial charge in [-0.25, -0.2) is 9.37 Å². The summed E-state index contributed by atoms with van der Waals surface area (Å²) < 4.78 is 19.5. The van der Waals surface area contributed by atoms with E-state index in [4.69, 9.17) is 4.52 Å². The van der Waals surface area contributed by atoms with Crippen molar-refractivity contribution in [1.82, 2.24) is 19.9 Å². The molecule has 7 heteroatoms. The number of halogens is 1. The van der Waals surface area contributed by atoms with Crippen molar-refractivity contribution < 1.29 is 13.7 Å². The van der Waals surface area contributed by atoms with Crippen molar-refractivity contribution in [2.75, 3.05) is 0 Å². The first-order valence-corrected chi connectivity index (χ1v) is 7.61. The van der Waals surface area contributed by atoms with Gasteiger partial charge >= 0.3 is 0 Å².